The van der Waals surface area contributed by atoms with E-state index in [9.17, 15) is 0 Å². The van der Waals surface area contributed by atoms with E-state index in [2.05, 4.69) is 34.6 Å². The smallest absolute Gasteiger partial charge is 0.123 e. The average molecular weight is 261 g/mol. The standard InChI is InChI=1S/C10H13BrOS/c1-12-10-7-9(13)5-4-8(10)3-2-6-11/h4-5,7,13H,2-3,6H2,1H3. The highest BCUT2D eigenvalue weighted by Crippen LogP contribution is 2.23. The van der Waals surface area contributed by atoms with Crippen molar-refractivity contribution in [3.63, 3.8) is 0 Å². The summed E-state index contributed by atoms with van der Waals surface area (Å²) in [4.78, 5) is 0.944. The van der Waals surface area contributed by atoms with Crippen LogP contribution in [0.25, 0.3) is 0 Å². The van der Waals surface area contributed by atoms with E-state index in [4.69, 9.17) is 4.74 Å². The topological polar surface area (TPSA) is 9.23 Å². The molecule has 1 aromatic carbocycles. The van der Waals surface area contributed by atoms with Gasteiger partial charge in [-0.3, -0.25) is 0 Å². The van der Waals surface area contributed by atoms with E-state index in [-0.39, 0.29) is 0 Å². The SMILES string of the molecule is COc1cc(S)ccc1CCCBr. The first kappa shape index (κ1) is 10.9. The van der Waals surface area contributed by atoms with Crippen LogP contribution < -0.4 is 4.74 Å². The molecule has 0 unspecified atom stereocenters. The molecule has 0 spiro atoms. The van der Waals surface area contributed by atoms with Gasteiger partial charge in [-0.1, -0.05) is 22.0 Å². The second-order valence-electron chi connectivity index (χ2n) is 2.79. The lowest BCUT2D eigenvalue weighted by atomic mass is 10.1. The van der Waals surface area contributed by atoms with E-state index < -0.39 is 0 Å². The van der Waals surface area contributed by atoms with Crippen molar-refractivity contribution in [2.75, 3.05) is 12.4 Å². The zero-order valence-electron chi connectivity index (χ0n) is 7.59. The number of methoxy groups -OCH3 is 1. The van der Waals surface area contributed by atoms with Crippen molar-refractivity contribution in [1.29, 1.82) is 0 Å². The molecule has 13 heavy (non-hydrogen) atoms. The summed E-state index contributed by atoms with van der Waals surface area (Å²) in [7, 11) is 1.69. The highest BCUT2D eigenvalue weighted by molar-refractivity contribution is 9.09. The molecule has 1 rings (SSSR count). The monoisotopic (exact) mass is 260 g/mol. The number of hydrogen-bond donors (Lipinski definition) is 1. The number of rotatable bonds is 4. The Kier molecular flexibility index (Phi) is 4.67. The maximum atomic E-state index is 5.26. The predicted molar refractivity (Wildman–Crippen MR) is 62.4 cm³/mol. The molecule has 0 amide bonds. The van der Waals surface area contributed by atoms with Gasteiger partial charge in [0.1, 0.15) is 5.75 Å². The fraction of sp³-hybridized carbons (Fsp3) is 0.400. The summed E-state index contributed by atoms with van der Waals surface area (Å²) in [5, 5.41) is 1.03. The highest BCUT2D eigenvalue weighted by atomic mass is 79.9. The van der Waals surface area contributed by atoms with E-state index in [1.54, 1.807) is 7.11 Å². The molecule has 0 saturated carbocycles. The Balaban J connectivity index is 2.79. The van der Waals surface area contributed by atoms with Crippen LogP contribution in [0.15, 0.2) is 23.1 Å². The lowest BCUT2D eigenvalue weighted by Crippen LogP contribution is -1.92. The first-order valence-electron chi connectivity index (χ1n) is 4.19. The van der Waals surface area contributed by atoms with Crippen molar-refractivity contribution in [1.82, 2.24) is 0 Å². The summed E-state index contributed by atoms with van der Waals surface area (Å²) in [6.45, 7) is 0. The van der Waals surface area contributed by atoms with Crippen LogP contribution in [0.3, 0.4) is 0 Å². The number of ether oxygens (including phenoxy) is 1. The van der Waals surface area contributed by atoms with Gasteiger partial charge in [0.15, 0.2) is 0 Å². The van der Waals surface area contributed by atoms with E-state index >= 15 is 0 Å². The second-order valence-corrected chi connectivity index (χ2v) is 4.10. The Morgan fingerprint density at radius 2 is 2.23 bits per heavy atom. The van der Waals surface area contributed by atoms with Gasteiger partial charge in [-0.25, -0.2) is 0 Å². The molecule has 0 bridgehead atoms. The van der Waals surface area contributed by atoms with Gasteiger partial charge in [-0.15, -0.1) is 12.6 Å². The van der Waals surface area contributed by atoms with Gasteiger partial charge in [-0.05, 0) is 30.5 Å². The van der Waals surface area contributed by atoms with Crippen LogP contribution in [-0.2, 0) is 6.42 Å². The Morgan fingerprint density at radius 3 is 2.85 bits per heavy atom. The average Bonchev–Trinajstić information content (AvgIpc) is 2.16. The highest BCUT2D eigenvalue weighted by Gasteiger charge is 2.02. The van der Waals surface area contributed by atoms with Gasteiger partial charge in [0.05, 0.1) is 7.11 Å². The van der Waals surface area contributed by atoms with Crippen LogP contribution in [0.2, 0.25) is 0 Å². The van der Waals surface area contributed by atoms with Crippen LogP contribution in [0, 0.1) is 0 Å². The van der Waals surface area contributed by atoms with E-state index in [1.165, 1.54) is 5.56 Å². The van der Waals surface area contributed by atoms with Crippen molar-refractivity contribution in [2.45, 2.75) is 17.7 Å². The number of aryl methyl sites for hydroxylation is 1. The van der Waals surface area contributed by atoms with Crippen LogP contribution in [0.1, 0.15) is 12.0 Å². The third-order valence-electron chi connectivity index (χ3n) is 1.85. The summed E-state index contributed by atoms with van der Waals surface area (Å²) in [6.07, 6.45) is 2.17. The lowest BCUT2D eigenvalue weighted by molar-refractivity contribution is 0.408. The fourth-order valence-corrected chi connectivity index (χ4v) is 1.67. The summed E-state index contributed by atoms with van der Waals surface area (Å²) in [5.41, 5.74) is 1.25. The molecule has 0 aromatic heterocycles. The summed E-state index contributed by atoms with van der Waals surface area (Å²) in [6, 6.07) is 6.02. The van der Waals surface area contributed by atoms with E-state index in [0.29, 0.717) is 0 Å². The van der Waals surface area contributed by atoms with Crippen molar-refractivity contribution < 1.29 is 4.74 Å². The van der Waals surface area contributed by atoms with Crippen molar-refractivity contribution in [2.24, 2.45) is 0 Å². The molecule has 3 heteroatoms. The summed E-state index contributed by atoms with van der Waals surface area (Å²) in [5.74, 6) is 0.938. The third kappa shape index (κ3) is 3.24. The zero-order valence-corrected chi connectivity index (χ0v) is 10.1. The summed E-state index contributed by atoms with van der Waals surface area (Å²) < 4.78 is 5.26. The van der Waals surface area contributed by atoms with Gasteiger partial charge in [0.2, 0.25) is 0 Å². The molecule has 1 nitrogen and oxygen atoms in total. The molecule has 0 N–H and O–H groups in total. The molecule has 0 saturated heterocycles. The number of hydrogen-bond acceptors (Lipinski definition) is 2. The molecule has 0 radical (unpaired) electrons. The quantitative estimate of drug-likeness (QED) is 0.646. The van der Waals surface area contributed by atoms with E-state index in [1.807, 2.05) is 12.1 Å². The molecule has 0 atom stereocenters. The molecule has 1 aromatic rings. The molecule has 0 heterocycles. The number of halogens is 1. The Morgan fingerprint density at radius 1 is 1.46 bits per heavy atom. The van der Waals surface area contributed by atoms with E-state index in [0.717, 1.165) is 28.8 Å². The molecule has 0 fully saturated rings. The predicted octanol–water partition coefficient (Wildman–Crippen LogP) is 3.31. The van der Waals surface area contributed by atoms with Gasteiger partial charge >= 0.3 is 0 Å². The molecule has 0 aliphatic heterocycles. The molecule has 0 aliphatic carbocycles. The second kappa shape index (κ2) is 5.55. The summed E-state index contributed by atoms with van der Waals surface area (Å²) >= 11 is 7.67. The van der Waals surface area contributed by atoms with Crippen molar-refractivity contribution in [3.05, 3.63) is 23.8 Å². The zero-order chi connectivity index (χ0) is 9.68. The minimum absolute atomic E-state index is 0.938. The first-order valence-corrected chi connectivity index (χ1v) is 5.76. The van der Waals surface area contributed by atoms with Crippen LogP contribution in [-0.4, -0.2) is 12.4 Å². The minimum atomic E-state index is 0.938. The number of alkyl halides is 1. The number of thiol groups is 1. The molecular formula is C10H13BrOS. The van der Waals surface area contributed by atoms with Gasteiger partial charge in [-0.2, -0.15) is 0 Å². The maximum absolute atomic E-state index is 5.26. The van der Waals surface area contributed by atoms with Crippen LogP contribution in [0.4, 0.5) is 0 Å². The van der Waals surface area contributed by atoms with Crippen molar-refractivity contribution in [3.8, 4) is 5.75 Å². The third-order valence-corrected chi connectivity index (χ3v) is 2.69. The Hall–Kier alpha value is -0.150. The normalized spacial score (nSPS) is 10.1. The molecule has 0 aliphatic rings. The van der Waals surface area contributed by atoms with Gasteiger partial charge in [0.25, 0.3) is 0 Å². The fourth-order valence-electron chi connectivity index (χ4n) is 1.20. The number of benzene rings is 1. The van der Waals surface area contributed by atoms with Crippen LogP contribution in [0.5, 0.6) is 5.75 Å². The maximum Gasteiger partial charge on any atom is 0.123 e. The molecular weight excluding hydrogens is 248 g/mol. The van der Waals surface area contributed by atoms with Crippen LogP contribution >= 0.6 is 28.6 Å². The molecule has 72 valence electrons. The van der Waals surface area contributed by atoms with Crippen molar-refractivity contribution >= 4 is 28.6 Å². The Labute approximate surface area is 93.0 Å². The Bertz CT molecular complexity index is 276. The largest absolute Gasteiger partial charge is 0.496 e. The minimum Gasteiger partial charge on any atom is -0.496 e. The van der Waals surface area contributed by atoms with Gasteiger partial charge in [0, 0.05) is 10.2 Å². The lowest BCUT2D eigenvalue weighted by Gasteiger charge is -2.07. The van der Waals surface area contributed by atoms with Gasteiger partial charge < -0.3 is 4.74 Å². The first-order chi connectivity index (χ1) is 6.27.